The maximum absolute atomic E-state index is 13.4. The number of rotatable bonds is 2. The molecule has 2 aliphatic heterocycles. The average Bonchev–Trinajstić information content (AvgIpc) is 3.01. The largest absolute Gasteiger partial charge is 0.416 e. The molecule has 2 N–H and O–H groups in total. The summed E-state index contributed by atoms with van der Waals surface area (Å²) >= 11 is 0. The smallest absolute Gasteiger partial charge is 0.387 e. The number of halogens is 4. The molecule has 0 radical (unpaired) electrons. The Balaban J connectivity index is 1.52. The highest BCUT2D eigenvalue weighted by atomic mass is 19.4. The van der Waals surface area contributed by atoms with E-state index in [0.717, 1.165) is 24.4 Å². The summed E-state index contributed by atoms with van der Waals surface area (Å²) in [5.74, 6) is -0.455. The maximum Gasteiger partial charge on any atom is 0.416 e. The van der Waals surface area contributed by atoms with Crippen LogP contribution in [0.1, 0.15) is 5.56 Å². The second-order valence-electron chi connectivity index (χ2n) is 7.44. The molecule has 3 aromatic rings. The third kappa shape index (κ3) is 3.30. The lowest BCUT2D eigenvalue weighted by atomic mass is 10.1. The Bertz CT molecular complexity index is 1220. The normalized spacial score (nSPS) is 19.3. The number of anilines is 3. The van der Waals surface area contributed by atoms with E-state index in [2.05, 4.69) is 15.3 Å². The van der Waals surface area contributed by atoms with Crippen LogP contribution < -0.4 is 15.1 Å². The molecule has 0 saturated carbocycles. The zero-order chi connectivity index (χ0) is 22.6. The van der Waals surface area contributed by atoms with Crippen LogP contribution in [0, 0.1) is 5.82 Å². The summed E-state index contributed by atoms with van der Waals surface area (Å²) in [4.78, 5) is 24.1. The highest BCUT2D eigenvalue weighted by Crippen LogP contribution is 2.45. The molecule has 1 aromatic carbocycles. The fourth-order valence-electron chi connectivity index (χ4n) is 3.89. The van der Waals surface area contributed by atoms with E-state index in [1.807, 2.05) is 0 Å². The van der Waals surface area contributed by atoms with Crippen LogP contribution >= 0.6 is 0 Å². The molecule has 2 aliphatic rings. The quantitative estimate of drug-likeness (QED) is 0.586. The van der Waals surface area contributed by atoms with Crippen molar-refractivity contribution in [2.75, 3.05) is 21.7 Å². The molecule has 0 spiro atoms. The van der Waals surface area contributed by atoms with Crippen LogP contribution in [0.4, 0.5) is 39.5 Å². The van der Waals surface area contributed by atoms with Crippen molar-refractivity contribution in [3.63, 3.8) is 0 Å². The van der Waals surface area contributed by atoms with Crippen molar-refractivity contribution in [1.82, 2.24) is 9.97 Å². The van der Waals surface area contributed by atoms with Crippen LogP contribution in [-0.2, 0) is 6.18 Å². The standard InChI is InChI=1S/C21H15F4N5O2/c22-13-7-14(9-26-8-13)27-20(32)30-18-16(29-10-17(31)19(29)30)5-4-15(28-18)11-2-1-3-12(6-11)21(23,24)25/h1-9,17,19,31H,10H2,(H,27,32)/t17-,19+/m1/s1. The Morgan fingerprint density at radius 1 is 1.16 bits per heavy atom. The highest BCUT2D eigenvalue weighted by Gasteiger charge is 2.52. The van der Waals surface area contributed by atoms with E-state index < -0.39 is 35.9 Å². The number of nitrogens with one attached hydrogen (secondary N) is 1. The van der Waals surface area contributed by atoms with Crippen LogP contribution in [0.5, 0.6) is 0 Å². The second kappa shape index (κ2) is 7.16. The molecule has 164 valence electrons. The zero-order valence-electron chi connectivity index (χ0n) is 16.2. The number of hydrogen-bond donors (Lipinski definition) is 2. The Morgan fingerprint density at radius 2 is 1.97 bits per heavy atom. The molecular formula is C21H15F4N5O2. The average molecular weight is 445 g/mol. The molecule has 1 fully saturated rings. The molecule has 0 aliphatic carbocycles. The van der Waals surface area contributed by atoms with Crippen molar-refractivity contribution in [3.05, 3.63) is 66.2 Å². The minimum absolute atomic E-state index is 0.109. The van der Waals surface area contributed by atoms with E-state index in [0.29, 0.717) is 5.69 Å². The van der Waals surface area contributed by atoms with E-state index in [-0.39, 0.29) is 29.3 Å². The van der Waals surface area contributed by atoms with Gasteiger partial charge in [-0.3, -0.25) is 9.88 Å². The molecular weight excluding hydrogens is 430 g/mol. The molecule has 32 heavy (non-hydrogen) atoms. The Kier molecular flexibility index (Phi) is 4.52. The van der Waals surface area contributed by atoms with Crippen LogP contribution in [0.15, 0.2) is 54.9 Å². The van der Waals surface area contributed by atoms with E-state index in [4.69, 9.17) is 0 Å². The molecule has 2 amide bonds. The number of aromatic nitrogens is 2. The zero-order valence-corrected chi connectivity index (χ0v) is 16.2. The minimum Gasteiger partial charge on any atom is -0.387 e. The molecule has 5 rings (SSSR count). The first-order valence-corrected chi connectivity index (χ1v) is 9.56. The van der Waals surface area contributed by atoms with Crippen molar-refractivity contribution < 1.29 is 27.5 Å². The highest BCUT2D eigenvalue weighted by molar-refractivity contribution is 6.06. The number of alkyl halides is 3. The number of carbonyl (C=O) groups excluding carboxylic acids is 1. The van der Waals surface area contributed by atoms with Crippen molar-refractivity contribution in [1.29, 1.82) is 0 Å². The number of amides is 2. The molecule has 1 saturated heterocycles. The van der Waals surface area contributed by atoms with Crippen LogP contribution in [-0.4, -0.2) is 39.9 Å². The SMILES string of the molecule is O=C(Nc1cncc(F)c1)N1c2nc(-c3cccc(C(F)(F)F)c3)ccc2N2C[C@@H](O)[C@@H]21. The lowest BCUT2D eigenvalue weighted by molar-refractivity contribution is -0.137. The van der Waals surface area contributed by atoms with Gasteiger partial charge in [-0.05, 0) is 24.3 Å². The summed E-state index contributed by atoms with van der Waals surface area (Å²) in [5.41, 5.74) is 0.315. The van der Waals surface area contributed by atoms with E-state index in [1.165, 1.54) is 23.2 Å². The lowest BCUT2D eigenvalue weighted by Crippen LogP contribution is -2.66. The van der Waals surface area contributed by atoms with E-state index >= 15 is 0 Å². The number of nitrogens with zero attached hydrogens (tertiary/aromatic N) is 4. The summed E-state index contributed by atoms with van der Waals surface area (Å²) in [6.45, 7) is 0.271. The van der Waals surface area contributed by atoms with Gasteiger partial charge in [-0.25, -0.2) is 14.2 Å². The van der Waals surface area contributed by atoms with Crippen molar-refractivity contribution >= 4 is 23.2 Å². The predicted octanol–water partition coefficient (Wildman–Crippen LogP) is 3.86. The third-order valence-electron chi connectivity index (χ3n) is 5.36. The summed E-state index contributed by atoms with van der Waals surface area (Å²) in [5, 5.41) is 12.8. The van der Waals surface area contributed by atoms with E-state index in [1.54, 1.807) is 17.0 Å². The number of pyridine rings is 2. The minimum atomic E-state index is -4.51. The first-order valence-electron chi connectivity index (χ1n) is 9.56. The van der Waals surface area contributed by atoms with Gasteiger partial charge in [0.05, 0.1) is 41.6 Å². The first kappa shape index (κ1) is 20.2. The summed E-state index contributed by atoms with van der Waals surface area (Å²) in [6, 6.07) is 8.34. The van der Waals surface area contributed by atoms with Gasteiger partial charge in [-0.2, -0.15) is 13.2 Å². The van der Waals surface area contributed by atoms with Crippen LogP contribution in [0.2, 0.25) is 0 Å². The van der Waals surface area contributed by atoms with Gasteiger partial charge in [-0.1, -0.05) is 12.1 Å². The van der Waals surface area contributed by atoms with Crippen molar-refractivity contribution in [3.8, 4) is 11.3 Å². The molecule has 2 aromatic heterocycles. The second-order valence-corrected chi connectivity index (χ2v) is 7.44. The number of benzene rings is 1. The van der Waals surface area contributed by atoms with Gasteiger partial charge in [0.25, 0.3) is 0 Å². The maximum atomic E-state index is 13.4. The fourth-order valence-corrected chi connectivity index (χ4v) is 3.89. The summed E-state index contributed by atoms with van der Waals surface area (Å²) < 4.78 is 52.8. The third-order valence-corrected chi connectivity index (χ3v) is 5.36. The monoisotopic (exact) mass is 445 g/mol. The molecule has 11 heteroatoms. The first-order chi connectivity index (χ1) is 15.2. The van der Waals surface area contributed by atoms with Gasteiger partial charge in [0.2, 0.25) is 0 Å². The number of hydrogen-bond acceptors (Lipinski definition) is 5. The van der Waals surface area contributed by atoms with Gasteiger partial charge in [0, 0.05) is 11.6 Å². The number of aliphatic hydroxyl groups is 1. The molecule has 7 nitrogen and oxygen atoms in total. The van der Waals surface area contributed by atoms with Crippen LogP contribution in [0.25, 0.3) is 11.3 Å². The molecule has 0 unspecified atom stereocenters. The van der Waals surface area contributed by atoms with Crippen molar-refractivity contribution in [2.45, 2.75) is 18.4 Å². The number of urea groups is 1. The Labute approximate surface area is 178 Å². The topological polar surface area (TPSA) is 81.6 Å². The lowest BCUT2D eigenvalue weighted by Gasteiger charge is -2.44. The molecule has 0 bridgehead atoms. The molecule has 2 atom stereocenters. The number of fused-ring (bicyclic) bond motifs is 3. The fraction of sp³-hybridized carbons (Fsp3) is 0.190. The Hall–Kier alpha value is -3.73. The predicted molar refractivity (Wildman–Crippen MR) is 108 cm³/mol. The van der Waals surface area contributed by atoms with Crippen LogP contribution in [0.3, 0.4) is 0 Å². The van der Waals surface area contributed by atoms with Gasteiger partial charge in [0.1, 0.15) is 18.1 Å². The van der Waals surface area contributed by atoms with Gasteiger partial charge in [-0.15, -0.1) is 0 Å². The molecule has 4 heterocycles. The summed E-state index contributed by atoms with van der Waals surface area (Å²) in [6.07, 6.45) is -3.83. The van der Waals surface area contributed by atoms with Gasteiger partial charge < -0.3 is 15.3 Å². The summed E-state index contributed by atoms with van der Waals surface area (Å²) in [7, 11) is 0. The Morgan fingerprint density at radius 3 is 2.69 bits per heavy atom. The number of carbonyl (C=O) groups is 1. The van der Waals surface area contributed by atoms with Gasteiger partial charge >= 0.3 is 12.2 Å². The van der Waals surface area contributed by atoms with Crippen molar-refractivity contribution in [2.24, 2.45) is 0 Å². The number of aliphatic hydroxyl groups excluding tert-OH is 1. The van der Waals surface area contributed by atoms with Gasteiger partial charge in [0.15, 0.2) is 5.82 Å². The van der Waals surface area contributed by atoms with E-state index in [9.17, 15) is 27.5 Å².